The molecule has 0 aliphatic heterocycles. The Labute approximate surface area is 127 Å². The first kappa shape index (κ1) is 14.6. The van der Waals surface area contributed by atoms with Gasteiger partial charge >= 0.3 is 0 Å². The van der Waals surface area contributed by atoms with Crippen molar-refractivity contribution < 1.29 is 5.11 Å². The Bertz CT molecular complexity index is 587. The molecule has 112 valence electrons. The number of nitriles is 1. The van der Waals surface area contributed by atoms with Gasteiger partial charge in [-0.1, -0.05) is 39.8 Å². The molecule has 2 heteroatoms. The Kier molecular flexibility index (Phi) is 3.01. The summed E-state index contributed by atoms with van der Waals surface area (Å²) < 4.78 is 0. The van der Waals surface area contributed by atoms with Crippen LogP contribution >= 0.6 is 0 Å². The van der Waals surface area contributed by atoms with E-state index in [0.29, 0.717) is 17.4 Å². The highest BCUT2D eigenvalue weighted by Gasteiger charge is 2.68. The van der Waals surface area contributed by atoms with Crippen LogP contribution in [0.25, 0.3) is 0 Å². The van der Waals surface area contributed by atoms with Crippen molar-refractivity contribution in [3.8, 4) is 6.07 Å². The summed E-state index contributed by atoms with van der Waals surface area (Å²) in [6.07, 6.45) is 3.41. The van der Waals surface area contributed by atoms with E-state index < -0.39 is 5.60 Å². The summed E-state index contributed by atoms with van der Waals surface area (Å²) in [5.74, 6) is 0.893. The molecule has 3 saturated carbocycles. The number of aliphatic hydroxyl groups is 1. The fourth-order valence-electron chi connectivity index (χ4n) is 4.90. The van der Waals surface area contributed by atoms with Gasteiger partial charge in [-0.3, -0.25) is 0 Å². The fourth-order valence-corrected chi connectivity index (χ4v) is 4.90. The third-order valence-electron chi connectivity index (χ3n) is 6.19. The molecule has 1 aromatic rings. The van der Waals surface area contributed by atoms with E-state index in [4.69, 9.17) is 5.26 Å². The van der Waals surface area contributed by atoms with Crippen molar-refractivity contribution in [3.05, 3.63) is 35.4 Å². The van der Waals surface area contributed by atoms with Gasteiger partial charge in [-0.15, -0.1) is 0 Å². The quantitative estimate of drug-likeness (QED) is 0.838. The van der Waals surface area contributed by atoms with Gasteiger partial charge in [-0.25, -0.2) is 0 Å². The van der Waals surface area contributed by atoms with Gasteiger partial charge in [0.25, 0.3) is 0 Å². The summed E-state index contributed by atoms with van der Waals surface area (Å²) in [5, 5.41) is 20.5. The first-order valence-corrected chi connectivity index (χ1v) is 7.95. The highest BCUT2D eigenvalue weighted by Crippen LogP contribution is 2.70. The molecule has 4 rings (SSSR count). The maximum Gasteiger partial charge on any atom is 0.0991 e. The van der Waals surface area contributed by atoms with Gasteiger partial charge in [-0.2, -0.15) is 5.26 Å². The van der Waals surface area contributed by atoms with Gasteiger partial charge in [0.1, 0.15) is 0 Å². The van der Waals surface area contributed by atoms with Crippen molar-refractivity contribution >= 4 is 0 Å². The zero-order chi connectivity index (χ0) is 15.5. The molecule has 1 aromatic carbocycles. The van der Waals surface area contributed by atoms with Gasteiger partial charge < -0.3 is 5.11 Å². The molecular weight excluding hydrogens is 258 g/mol. The molecule has 0 amide bonds. The highest BCUT2D eigenvalue weighted by molar-refractivity contribution is 5.38. The molecule has 21 heavy (non-hydrogen) atoms. The fraction of sp³-hybridized carbons (Fsp3) is 0.632. The van der Waals surface area contributed by atoms with E-state index in [1.807, 2.05) is 24.3 Å². The number of hydrogen-bond donors (Lipinski definition) is 1. The van der Waals surface area contributed by atoms with E-state index >= 15 is 0 Å². The topological polar surface area (TPSA) is 44.0 Å². The minimum atomic E-state index is -0.725. The Morgan fingerprint density at radius 2 is 1.86 bits per heavy atom. The molecule has 0 spiro atoms. The lowest BCUT2D eigenvalue weighted by molar-refractivity contribution is -0.277. The number of hydrogen-bond acceptors (Lipinski definition) is 2. The largest absolute Gasteiger partial charge is 0.384 e. The van der Waals surface area contributed by atoms with Gasteiger partial charge in [-0.05, 0) is 54.2 Å². The first-order valence-electron chi connectivity index (χ1n) is 7.95. The van der Waals surface area contributed by atoms with Crippen LogP contribution in [0.15, 0.2) is 24.3 Å². The highest BCUT2D eigenvalue weighted by atomic mass is 16.3. The summed E-state index contributed by atoms with van der Waals surface area (Å²) >= 11 is 0. The molecule has 3 aliphatic rings. The van der Waals surface area contributed by atoms with E-state index in [2.05, 4.69) is 33.8 Å². The van der Waals surface area contributed by atoms with Crippen LogP contribution in [0.2, 0.25) is 0 Å². The molecule has 4 atom stereocenters. The molecule has 0 radical (unpaired) electrons. The van der Waals surface area contributed by atoms with Gasteiger partial charge in [0.05, 0.1) is 17.2 Å². The van der Waals surface area contributed by atoms with E-state index in [9.17, 15) is 5.11 Å². The average molecular weight is 283 g/mol. The molecule has 1 N–H and O–H groups in total. The molecule has 0 unspecified atom stereocenters. The molecule has 0 saturated heterocycles. The average Bonchev–Trinajstić information content (AvgIpc) is 2.45. The van der Waals surface area contributed by atoms with Crippen molar-refractivity contribution in [1.82, 2.24) is 0 Å². The zero-order valence-corrected chi connectivity index (χ0v) is 13.5. The van der Waals surface area contributed by atoms with Crippen molar-refractivity contribution in [1.29, 1.82) is 5.26 Å². The SMILES string of the molecule is CC(C)(C)[C@@H]1CC[C@]2(C)C[C@@H]1[C@]2(O)c1ccc(C#N)cc1. The van der Waals surface area contributed by atoms with Crippen LogP contribution in [0.3, 0.4) is 0 Å². The second kappa shape index (κ2) is 4.34. The minimum absolute atomic E-state index is 0.00637. The Morgan fingerprint density at radius 3 is 2.33 bits per heavy atom. The molecule has 2 nitrogen and oxygen atoms in total. The standard InChI is InChI=1S/C19H25NO/c1-17(2,3)15-9-10-18(4)11-16(15)19(18,21)14-7-5-13(12-20)6-8-14/h5-8,15-16,21H,9-11H2,1-4H3/t15-,16+,18-,19-/m1/s1. The molecule has 2 bridgehead atoms. The van der Waals surface area contributed by atoms with Crippen LogP contribution in [0, 0.1) is 34.0 Å². The van der Waals surface area contributed by atoms with Crippen LogP contribution in [0.4, 0.5) is 0 Å². The normalized spacial score (nSPS) is 38.5. The molecule has 3 aliphatic carbocycles. The summed E-state index contributed by atoms with van der Waals surface area (Å²) in [6.45, 7) is 9.09. The predicted octanol–water partition coefficient (Wildman–Crippen LogP) is 4.23. The van der Waals surface area contributed by atoms with Crippen LogP contribution < -0.4 is 0 Å². The van der Waals surface area contributed by atoms with Crippen LogP contribution in [0.5, 0.6) is 0 Å². The minimum Gasteiger partial charge on any atom is -0.384 e. The number of rotatable bonds is 1. The second-order valence-electron chi connectivity index (χ2n) is 8.34. The van der Waals surface area contributed by atoms with Crippen LogP contribution in [0.1, 0.15) is 58.1 Å². The number of fused-ring (bicyclic) bond motifs is 2. The molecule has 0 aromatic heterocycles. The van der Waals surface area contributed by atoms with Gasteiger partial charge in [0.2, 0.25) is 0 Å². The maximum absolute atomic E-state index is 11.5. The van der Waals surface area contributed by atoms with Crippen molar-refractivity contribution in [2.24, 2.45) is 22.7 Å². The number of benzene rings is 1. The third kappa shape index (κ3) is 1.87. The van der Waals surface area contributed by atoms with Gasteiger partial charge in [0.15, 0.2) is 0 Å². The van der Waals surface area contributed by atoms with E-state index in [1.54, 1.807) is 0 Å². The maximum atomic E-state index is 11.5. The first-order chi connectivity index (χ1) is 9.72. The van der Waals surface area contributed by atoms with Crippen molar-refractivity contribution in [3.63, 3.8) is 0 Å². The predicted molar refractivity (Wildman–Crippen MR) is 83.4 cm³/mol. The van der Waals surface area contributed by atoms with Gasteiger partial charge in [0, 0.05) is 5.41 Å². The third-order valence-corrected chi connectivity index (χ3v) is 6.19. The molecule has 0 heterocycles. The van der Waals surface area contributed by atoms with E-state index in [1.165, 1.54) is 6.42 Å². The molecular formula is C19H25NO. The van der Waals surface area contributed by atoms with E-state index in [-0.39, 0.29) is 10.8 Å². The Balaban J connectivity index is 2.00. The monoisotopic (exact) mass is 283 g/mol. The smallest absolute Gasteiger partial charge is 0.0991 e. The Hall–Kier alpha value is -1.33. The van der Waals surface area contributed by atoms with Crippen LogP contribution in [-0.2, 0) is 5.60 Å². The lowest BCUT2D eigenvalue weighted by Crippen LogP contribution is -2.67. The summed E-state index contributed by atoms with van der Waals surface area (Å²) in [4.78, 5) is 0. The van der Waals surface area contributed by atoms with Crippen molar-refractivity contribution in [2.75, 3.05) is 0 Å². The van der Waals surface area contributed by atoms with E-state index in [0.717, 1.165) is 18.4 Å². The van der Waals surface area contributed by atoms with Crippen LogP contribution in [-0.4, -0.2) is 5.11 Å². The Morgan fingerprint density at radius 1 is 1.24 bits per heavy atom. The lowest BCUT2D eigenvalue weighted by atomic mass is 9.38. The lowest BCUT2D eigenvalue weighted by Gasteiger charge is -2.68. The summed E-state index contributed by atoms with van der Waals surface area (Å²) in [6, 6.07) is 9.72. The van der Waals surface area contributed by atoms with Crippen molar-refractivity contribution in [2.45, 2.75) is 52.6 Å². The number of nitrogens with zero attached hydrogens (tertiary/aromatic N) is 1. The second-order valence-corrected chi connectivity index (χ2v) is 8.34. The zero-order valence-electron chi connectivity index (χ0n) is 13.5. The molecule has 3 fully saturated rings. The summed E-state index contributed by atoms with van der Waals surface area (Å²) in [7, 11) is 0. The summed E-state index contributed by atoms with van der Waals surface area (Å²) in [5.41, 5.74) is 1.15.